The van der Waals surface area contributed by atoms with Crippen LogP contribution in [0.2, 0.25) is 0 Å². The zero-order valence-corrected chi connectivity index (χ0v) is 11.9. The van der Waals surface area contributed by atoms with Crippen LogP contribution in [-0.2, 0) is 10.0 Å². The fourth-order valence-electron chi connectivity index (χ4n) is 2.64. The number of nitrogens with one attached hydrogen (secondary N) is 2. The fraction of sp³-hybridized carbons (Fsp3) is 0.750. The minimum Gasteiger partial charge on any atom is -0.332 e. The second-order valence-corrected chi connectivity index (χ2v) is 7.30. The second kappa shape index (κ2) is 4.88. The third kappa shape index (κ3) is 2.98. The molecule has 0 aromatic carbocycles. The lowest BCUT2D eigenvalue weighted by molar-refractivity contribution is 0.314. The van der Waals surface area contributed by atoms with Crippen molar-refractivity contribution in [3.05, 3.63) is 12.0 Å². The van der Waals surface area contributed by atoms with Gasteiger partial charge in [-0.1, -0.05) is 0 Å². The summed E-state index contributed by atoms with van der Waals surface area (Å²) >= 11 is 0. The molecule has 0 amide bonds. The number of sulfonamides is 1. The predicted molar refractivity (Wildman–Crippen MR) is 71.2 cm³/mol. The highest BCUT2D eigenvalue weighted by Crippen LogP contribution is 2.31. The summed E-state index contributed by atoms with van der Waals surface area (Å²) in [6.07, 6.45) is 5.07. The van der Waals surface area contributed by atoms with E-state index in [4.69, 9.17) is 0 Å². The molecule has 6 nitrogen and oxygen atoms in total. The molecule has 1 aliphatic heterocycles. The van der Waals surface area contributed by atoms with E-state index in [1.54, 1.807) is 6.92 Å². The number of hydrogen-bond acceptors (Lipinski definition) is 4. The summed E-state index contributed by atoms with van der Waals surface area (Å²) in [5.74, 6) is 1.04. The van der Waals surface area contributed by atoms with E-state index in [9.17, 15) is 8.42 Å². The number of aromatic nitrogens is 2. The molecule has 0 bridgehead atoms. The van der Waals surface area contributed by atoms with Crippen molar-refractivity contribution in [3.63, 3.8) is 0 Å². The van der Waals surface area contributed by atoms with E-state index in [1.165, 1.54) is 19.0 Å². The Kier molecular flexibility index (Phi) is 3.36. The van der Waals surface area contributed by atoms with Gasteiger partial charge >= 0.3 is 0 Å². The Labute approximate surface area is 113 Å². The van der Waals surface area contributed by atoms with Gasteiger partial charge in [0.05, 0.1) is 6.20 Å². The van der Waals surface area contributed by atoms with Gasteiger partial charge in [0.2, 0.25) is 0 Å². The Bertz CT molecular complexity index is 550. The zero-order chi connectivity index (χ0) is 13.5. The van der Waals surface area contributed by atoms with Crippen LogP contribution in [0.4, 0.5) is 0 Å². The van der Waals surface area contributed by atoms with Gasteiger partial charge in [0.15, 0.2) is 5.03 Å². The summed E-state index contributed by atoms with van der Waals surface area (Å²) in [6, 6.07) is 0.775. The SMILES string of the molecule is Cc1ncc(S(=O)(=O)NCC2CCN(C3CC3)C2)[nH]1. The van der Waals surface area contributed by atoms with Gasteiger partial charge in [-0.2, -0.15) is 0 Å². The minimum atomic E-state index is -3.44. The van der Waals surface area contributed by atoms with Crippen LogP contribution < -0.4 is 4.72 Å². The van der Waals surface area contributed by atoms with Crippen LogP contribution in [0.5, 0.6) is 0 Å². The average molecular weight is 284 g/mol. The maximum Gasteiger partial charge on any atom is 0.257 e. The quantitative estimate of drug-likeness (QED) is 0.824. The molecule has 1 aliphatic carbocycles. The van der Waals surface area contributed by atoms with Gasteiger partial charge in [0, 0.05) is 19.1 Å². The van der Waals surface area contributed by atoms with Gasteiger partial charge in [-0.25, -0.2) is 18.1 Å². The highest BCUT2D eigenvalue weighted by Gasteiger charge is 2.34. The molecule has 1 saturated carbocycles. The van der Waals surface area contributed by atoms with Crippen molar-refractivity contribution in [1.82, 2.24) is 19.6 Å². The molecule has 2 heterocycles. The summed E-state index contributed by atoms with van der Waals surface area (Å²) in [7, 11) is -3.44. The summed E-state index contributed by atoms with van der Waals surface area (Å²) < 4.78 is 26.8. The maximum absolute atomic E-state index is 12.0. The van der Waals surface area contributed by atoms with Crippen molar-refractivity contribution < 1.29 is 8.42 Å². The van der Waals surface area contributed by atoms with Crippen LogP contribution in [-0.4, -0.2) is 49.0 Å². The van der Waals surface area contributed by atoms with Crippen LogP contribution in [0.3, 0.4) is 0 Å². The minimum absolute atomic E-state index is 0.155. The first kappa shape index (κ1) is 13.1. The normalized spacial score (nSPS) is 25.0. The summed E-state index contributed by atoms with van der Waals surface area (Å²) in [4.78, 5) is 9.17. The molecule has 2 N–H and O–H groups in total. The van der Waals surface area contributed by atoms with E-state index in [0.29, 0.717) is 18.3 Å². The molecule has 0 radical (unpaired) electrons. The molecular formula is C12H20N4O2S. The van der Waals surface area contributed by atoms with Crippen LogP contribution in [0.15, 0.2) is 11.2 Å². The predicted octanol–water partition coefficient (Wildman–Crippen LogP) is 0.481. The Morgan fingerprint density at radius 2 is 2.26 bits per heavy atom. The molecule has 7 heteroatoms. The number of hydrogen-bond donors (Lipinski definition) is 2. The van der Waals surface area contributed by atoms with Gasteiger partial charge in [-0.05, 0) is 38.6 Å². The highest BCUT2D eigenvalue weighted by atomic mass is 32.2. The number of nitrogens with zero attached hydrogens (tertiary/aromatic N) is 2. The van der Waals surface area contributed by atoms with Gasteiger partial charge in [-0.3, -0.25) is 0 Å². The second-order valence-electron chi connectivity index (χ2n) is 5.57. The maximum atomic E-state index is 12.0. The lowest BCUT2D eigenvalue weighted by Gasteiger charge is -2.14. The van der Waals surface area contributed by atoms with Gasteiger partial charge < -0.3 is 9.88 Å². The molecule has 1 unspecified atom stereocenters. The van der Waals surface area contributed by atoms with E-state index in [2.05, 4.69) is 19.6 Å². The first-order chi connectivity index (χ1) is 9.04. The molecule has 2 aliphatic rings. The van der Waals surface area contributed by atoms with E-state index < -0.39 is 10.0 Å². The van der Waals surface area contributed by atoms with Crippen LogP contribution in [0, 0.1) is 12.8 Å². The van der Waals surface area contributed by atoms with E-state index >= 15 is 0 Å². The van der Waals surface area contributed by atoms with Crippen LogP contribution >= 0.6 is 0 Å². The first-order valence-corrected chi connectivity index (χ1v) is 8.28. The van der Waals surface area contributed by atoms with Crippen molar-refractivity contribution in [2.45, 2.75) is 37.3 Å². The molecule has 3 rings (SSSR count). The number of aryl methyl sites for hydroxylation is 1. The van der Waals surface area contributed by atoms with Crippen molar-refractivity contribution in [1.29, 1.82) is 0 Å². The summed E-state index contributed by atoms with van der Waals surface area (Å²) in [5, 5.41) is 0.155. The van der Waals surface area contributed by atoms with Crippen LogP contribution in [0.1, 0.15) is 25.1 Å². The summed E-state index contributed by atoms with van der Waals surface area (Å²) in [6.45, 7) is 4.39. The van der Waals surface area contributed by atoms with Gasteiger partial charge in [0.1, 0.15) is 5.82 Å². The smallest absolute Gasteiger partial charge is 0.257 e. The molecule has 19 heavy (non-hydrogen) atoms. The lowest BCUT2D eigenvalue weighted by Crippen LogP contribution is -2.31. The Morgan fingerprint density at radius 3 is 2.89 bits per heavy atom. The highest BCUT2D eigenvalue weighted by molar-refractivity contribution is 7.89. The molecule has 1 atom stereocenters. The topological polar surface area (TPSA) is 78.1 Å². The standard InChI is InChI=1S/C12H20N4O2S/c1-9-13-7-12(15-9)19(17,18)14-6-10-4-5-16(8-10)11-2-3-11/h7,10-11,14H,2-6,8H2,1H3,(H,13,15). The van der Waals surface area contributed by atoms with Crippen molar-refractivity contribution in [3.8, 4) is 0 Å². The molecular weight excluding hydrogens is 264 g/mol. The van der Waals surface area contributed by atoms with E-state index in [0.717, 1.165) is 25.6 Å². The molecule has 0 spiro atoms. The number of likely N-dealkylation sites (tertiary alicyclic amines) is 1. The molecule has 1 aromatic rings. The van der Waals surface area contributed by atoms with Gasteiger partial charge in [0.25, 0.3) is 10.0 Å². The number of H-pyrrole nitrogens is 1. The fourth-order valence-corrected chi connectivity index (χ4v) is 3.72. The van der Waals surface area contributed by atoms with Crippen molar-refractivity contribution in [2.24, 2.45) is 5.92 Å². The molecule has 1 saturated heterocycles. The number of imidazole rings is 1. The van der Waals surface area contributed by atoms with Gasteiger partial charge in [-0.15, -0.1) is 0 Å². The summed E-state index contributed by atoms with van der Waals surface area (Å²) in [5.41, 5.74) is 0. The van der Waals surface area contributed by atoms with E-state index in [-0.39, 0.29) is 5.03 Å². The van der Waals surface area contributed by atoms with Crippen molar-refractivity contribution in [2.75, 3.05) is 19.6 Å². The van der Waals surface area contributed by atoms with Crippen LogP contribution in [0.25, 0.3) is 0 Å². The first-order valence-electron chi connectivity index (χ1n) is 6.80. The molecule has 106 valence electrons. The Hall–Kier alpha value is -0.920. The number of aromatic amines is 1. The largest absolute Gasteiger partial charge is 0.332 e. The monoisotopic (exact) mass is 284 g/mol. The lowest BCUT2D eigenvalue weighted by atomic mass is 10.1. The average Bonchev–Trinajstić information content (AvgIpc) is 2.94. The molecule has 1 aromatic heterocycles. The van der Waals surface area contributed by atoms with E-state index in [1.807, 2.05) is 0 Å². The third-order valence-electron chi connectivity index (χ3n) is 3.91. The zero-order valence-electron chi connectivity index (χ0n) is 11.1. The third-order valence-corrected chi connectivity index (χ3v) is 5.24. The Morgan fingerprint density at radius 1 is 1.47 bits per heavy atom. The number of rotatable bonds is 5. The molecule has 2 fully saturated rings. The Balaban J connectivity index is 1.54. The van der Waals surface area contributed by atoms with Crippen molar-refractivity contribution >= 4 is 10.0 Å².